The van der Waals surface area contributed by atoms with Crippen LogP contribution in [0.15, 0.2) is 34.5 Å². The molecular formula is C10H10N4O2. The summed E-state index contributed by atoms with van der Waals surface area (Å²) in [4.78, 5) is 0. The Balaban J connectivity index is 2.23. The van der Waals surface area contributed by atoms with Crippen molar-refractivity contribution in [3.8, 4) is 11.5 Å². The molecule has 0 radical (unpaired) electrons. The van der Waals surface area contributed by atoms with Gasteiger partial charge in [0.05, 0.1) is 0 Å². The van der Waals surface area contributed by atoms with E-state index in [1.807, 2.05) is 6.92 Å². The number of hydrogen-bond donors (Lipinski definition) is 3. The monoisotopic (exact) mass is 218 g/mol. The van der Waals surface area contributed by atoms with Crippen LogP contribution in [0.4, 0.5) is 11.5 Å². The molecule has 0 saturated heterocycles. The molecule has 0 aliphatic carbocycles. The summed E-state index contributed by atoms with van der Waals surface area (Å²) in [5.74, 6) is 0.285. The van der Waals surface area contributed by atoms with Crippen LogP contribution >= 0.6 is 0 Å². The van der Waals surface area contributed by atoms with Gasteiger partial charge in [-0.25, -0.2) is 0 Å². The van der Waals surface area contributed by atoms with Crippen molar-refractivity contribution >= 4 is 11.5 Å². The second kappa shape index (κ2) is 4.01. The van der Waals surface area contributed by atoms with E-state index < -0.39 is 0 Å². The predicted octanol–water partition coefficient (Wildman–Crippen LogP) is 2.54. The number of aryl methyl sites for hydroxylation is 1. The van der Waals surface area contributed by atoms with E-state index in [0.717, 1.165) is 5.69 Å². The van der Waals surface area contributed by atoms with Gasteiger partial charge in [0.1, 0.15) is 17.2 Å². The van der Waals surface area contributed by atoms with Crippen LogP contribution in [0.2, 0.25) is 0 Å². The summed E-state index contributed by atoms with van der Waals surface area (Å²) in [6.07, 6.45) is 0. The van der Waals surface area contributed by atoms with E-state index in [4.69, 9.17) is 5.11 Å². The van der Waals surface area contributed by atoms with Crippen LogP contribution in [0.3, 0.4) is 0 Å². The molecule has 82 valence electrons. The van der Waals surface area contributed by atoms with Gasteiger partial charge in [-0.3, -0.25) is 5.10 Å². The van der Waals surface area contributed by atoms with Gasteiger partial charge in [0.25, 0.3) is 0 Å². The molecule has 0 unspecified atom stereocenters. The first-order chi connectivity index (χ1) is 7.65. The van der Waals surface area contributed by atoms with Crippen LogP contribution < -0.4 is 0 Å². The minimum absolute atomic E-state index is 0.0212. The molecule has 0 spiro atoms. The van der Waals surface area contributed by atoms with Crippen molar-refractivity contribution in [2.45, 2.75) is 6.92 Å². The number of benzene rings is 1. The van der Waals surface area contributed by atoms with Gasteiger partial charge in [0, 0.05) is 17.8 Å². The van der Waals surface area contributed by atoms with Crippen molar-refractivity contribution in [1.29, 1.82) is 0 Å². The smallest absolute Gasteiger partial charge is 0.195 e. The molecule has 2 rings (SSSR count). The second-order valence-corrected chi connectivity index (χ2v) is 3.28. The van der Waals surface area contributed by atoms with Gasteiger partial charge in [-0.15, -0.1) is 10.2 Å². The van der Waals surface area contributed by atoms with Crippen LogP contribution in [-0.4, -0.2) is 20.4 Å². The minimum Gasteiger partial charge on any atom is -0.508 e. The fraction of sp³-hybridized carbons (Fsp3) is 0.100. The molecule has 0 atom stereocenters. The van der Waals surface area contributed by atoms with Crippen molar-refractivity contribution in [1.82, 2.24) is 10.2 Å². The van der Waals surface area contributed by atoms with E-state index in [9.17, 15) is 5.11 Å². The average molecular weight is 218 g/mol. The number of hydrogen-bond acceptors (Lipinski definition) is 5. The average Bonchev–Trinajstić information content (AvgIpc) is 2.63. The number of aromatic nitrogens is 2. The summed E-state index contributed by atoms with van der Waals surface area (Å²) in [6, 6.07) is 5.81. The van der Waals surface area contributed by atoms with E-state index in [0.29, 0.717) is 5.82 Å². The molecular weight excluding hydrogens is 208 g/mol. The van der Waals surface area contributed by atoms with Crippen LogP contribution in [-0.2, 0) is 0 Å². The van der Waals surface area contributed by atoms with Crippen molar-refractivity contribution < 1.29 is 10.2 Å². The maximum Gasteiger partial charge on any atom is 0.195 e. The number of rotatable bonds is 2. The number of phenolic OH excluding ortho intramolecular Hbond substituents is 2. The van der Waals surface area contributed by atoms with E-state index in [1.165, 1.54) is 18.2 Å². The number of phenols is 2. The highest BCUT2D eigenvalue weighted by molar-refractivity contribution is 5.53. The van der Waals surface area contributed by atoms with Gasteiger partial charge in [-0.1, -0.05) is 0 Å². The first kappa shape index (κ1) is 10.2. The molecule has 16 heavy (non-hydrogen) atoms. The van der Waals surface area contributed by atoms with Crippen LogP contribution in [0.25, 0.3) is 0 Å². The molecule has 3 N–H and O–H groups in total. The second-order valence-electron chi connectivity index (χ2n) is 3.28. The summed E-state index contributed by atoms with van der Waals surface area (Å²) in [5, 5.41) is 32.7. The molecule has 1 aromatic heterocycles. The molecule has 0 aliphatic rings. The summed E-state index contributed by atoms with van der Waals surface area (Å²) >= 11 is 0. The third-order valence-corrected chi connectivity index (χ3v) is 1.91. The SMILES string of the molecule is Cc1cc(N=Nc2ccc(O)cc2O)n[nH]1. The van der Waals surface area contributed by atoms with E-state index >= 15 is 0 Å². The molecule has 0 saturated carbocycles. The van der Waals surface area contributed by atoms with Crippen LogP contribution in [0.1, 0.15) is 5.69 Å². The van der Waals surface area contributed by atoms with Gasteiger partial charge in [0.15, 0.2) is 5.82 Å². The highest BCUT2D eigenvalue weighted by Crippen LogP contribution is 2.30. The summed E-state index contributed by atoms with van der Waals surface area (Å²) < 4.78 is 0. The third kappa shape index (κ3) is 2.17. The highest BCUT2D eigenvalue weighted by Gasteiger charge is 2.01. The first-order valence-corrected chi connectivity index (χ1v) is 4.61. The van der Waals surface area contributed by atoms with Crippen molar-refractivity contribution in [3.63, 3.8) is 0 Å². The summed E-state index contributed by atoms with van der Waals surface area (Å²) in [6.45, 7) is 1.85. The first-order valence-electron chi connectivity index (χ1n) is 4.61. The number of aromatic amines is 1. The fourth-order valence-electron chi connectivity index (χ4n) is 1.16. The topological polar surface area (TPSA) is 93.9 Å². The Morgan fingerprint density at radius 1 is 1.19 bits per heavy atom. The third-order valence-electron chi connectivity index (χ3n) is 1.91. The lowest BCUT2D eigenvalue weighted by atomic mass is 10.3. The van der Waals surface area contributed by atoms with Gasteiger partial charge >= 0.3 is 0 Å². The summed E-state index contributed by atoms with van der Waals surface area (Å²) in [5.41, 5.74) is 1.15. The molecule has 0 amide bonds. The standard InChI is InChI=1S/C10H10N4O2/c1-6-4-10(13-11-6)14-12-8-3-2-7(15)5-9(8)16/h2-5,15-16H,1H3,(H,11,13). The molecule has 6 nitrogen and oxygen atoms in total. The molecule has 1 heterocycles. The van der Waals surface area contributed by atoms with Crippen molar-refractivity contribution in [3.05, 3.63) is 30.0 Å². The van der Waals surface area contributed by atoms with Crippen LogP contribution in [0.5, 0.6) is 11.5 Å². The minimum atomic E-state index is -0.129. The highest BCUT2D eigenvalue weighted by atomic mass is 16.3. The lowest BCUT2D eigenvalue weighted by Crippen LogP contribution is -1.69. The number of nitrogens with one attached hydrogen (secondary N) is 1. The fourth-order valence-corrected chi connectivity index (χ4v) is 1.16. The zero-order valence-electron chi connectivity index (χ0n) is 8.55. The molecule has 2 aromatic rings. The Bertz CT molecular complexity index is 533. The maximum absolute atomic E-state index is 9.43. The maximum atomic E-state index is 9.43. The van der Waals surface area contributed by atoms with Crippen molar-refractivity contribution in [2.24, 2.45) is 10.2 Å². The largest absolute Gasteiger partial charge is 0.508 e. The molecule has 0 bridgehead atoms. The number of aromatic hydroxyl groups is 2. The van der Waals surface area contributed by atoms with Gasteiger partial charge < -0.3 is 10.2 Å². The lowest BCUT2D eigenvalue weighted by molar-refractivity contribution is 0.451. The van der Waals surface area contributed by atoms with Gasteiger partial charge in [-0.05, 0) is 19.1 Å². The Labute approximate surface area is 91.3 Å². The molecule has 1 aromatic carbocycles. The number of nitrogens with zero attached hydrogens (tertiary/aromatic N) is 3. The van der Waals surface area contributed by atoms with Crippen LogP contribution in [0, 0.1) is 6.92 Å². The quantitative estimate of drug-likeness (QED) is 0.676. The van der Waals surface area contributed by atoms with Crippen molar-refractivity contribution in [2.75, 3.05) is 0 Å². The number of H-pyrrole nitrogens is 1. The predicted molar refractivity (Wildman–Crippen MR) is 57.3 cm³/mol. The van der Waals surface area contributed by atoms with E-state index in [-0.39, 0.29) is 17.2 Å². The van der Waals surface area contributed by atoms with E-state index in [2.05, 4.69) is 20.4 Å². The lowest BCUT2D eigenvalue weighted by Gasteiger charge is -1.96. The Hall–Kier alpha value is -2.37. The Morgan fingerprint density at radius 2 is 2.00 bits per heavy atom. The zero-order chi connectivity index (χ0) is 11.5. The normalized spacial score (nSPS) is 11.1. The Kier molecular flexibility index (Phi) is 2.55. The van der Waals surface area contributed by atoms with E-state index in [1.54, 1.807) is 6.07 Å². The summed E-state index contributed by atoms with van der Waals surface area (Å²) in [7, 11) is 0. The Morgan fingerprint density at radius 3 is 2.62 bits per heavy atom. The van der Waals surface area contributed by atoms with Gasteiger partial charge in [0.2, 0.25) is 0 Å². The zero-order valence-corrected chi connectivity index (χ0v) is 8.55. The molecule has 0 aliphatic heterocycles. The number of azo groups is 1. The van der Waals surface area contributed by atoms with Gasteiger partial charge in [-0.2, -0.15) is 5.10 Å². The molecule has 0 fully saturated rings. The molecule has 6 heteroatoms.